The lowest BCUT2D eigenvalue weighted by atomic mass is 9.96. The number of aliphatic hydroxyl groups excluding tert-OH is 1. The maximum Gasteiger partial charge on any atom is 0.410 e. The van der Waals surface area contributed by atoms with Crippen molar-refractivity contribution in [2.45, 2.75) is 83.7 Å². The molecule has 1 amide bonds. The summed E-state index contributed by atoms with van der Waals surface area (Å²) in [4.78, 5) is 13.9. The largest absolute Gasteiger partial charge is 0.444 e. The monoisotopic (exact) mass is 357 g/mol. The van der Waals surface area contributed by atoms with Crippen LogP contribution in [0, 0.1) is 0 Å². The summed E-state index contributed by atoms with van der Waals surface area (Å²) in [5, 5.41) is 14.2. The molecule has 0 spiro atoms. The molecule has 1 aromatic rings. The van der Waals surface area contributed by atoms with Crippen LogP contribution in [0.1, 0.15) is 57.5 Å². The Morgan fingerprint density at radius 2 is 2.08 bits per heavy atom. The average Bonchev–Trinajstić information content (AvgIpc) is 2.74. The Hall–Kier alpha value is -1.70. The van der Waals surface area contributed by atoms with Crippen molar-refractivity contribution >= 4 is 6.09 Å². The van der Waals surface area contributed by atoms with Crippen LogP contribution in [0.3, 0.4) is 0 Å². The van der Waals surface area contributed by atoms with Gasteiger partial charge in [0.2, 0.25) is 0 Å². The number of alkyl halides is 2. The minimum Gasteiger partial charge on any atom is -0.444 e. The first kappa shape index (κ1) is 18.1. The molecule has 3 rings (SSSR count). The Morgan fingerprint density at radius 1 is 1.40 bits per heavy atom. The summed E-state index contributed by atoms with van der Waals surface area (Å²) in [7, 11) is 0. The second kappa shape index (κ2) is 5.93. The van der Waals surface area contributed by atoms with Crippen molar-refractivity contribution in [3.8, 4) is 0 Å². The molecule has 2 atom stereocenters. The zero-order chi connectivity index (χ0) is 18.6. The maximum absolute atomic E-state index is 14.6. The molecule has 0 aliphatic carbocycles. The lowest BCUT2D eigenvalue weighted by Crippen LogP contribution is -2.45. The number of carbonyl (C=O) groups is 1. The molecule has 0 saturated heterocycles. The molecule has 8 heteroatoms. The van der Waals surface area contributed by atoms with E-state index >= 15 is 0 Å². The third-order valence-electron chi connectivity index (χ3n) is 4.63. The first-order valence-electron chi connectivity index (χ1n) is 8.62. The first-order valence-corrected chi connectivity index (χ1v) is 8.62. The Labute approximate surface area is 145 Å². The van der Waals surface area contributed by atoms with Crippen molar-refractivity contribution < 1.29 is 23.4 Å². The summed E-state index contributed by atoms with van der Waals surface area (Å²) >= 11 is 0. The van der Waals surface area contributed by atoms with Gasteiger partial charge in [-0.15, -0.1) is 0 Å². The van der Waals surface area contributed by atoms with Crippen molar-refractivity contribution in [2.75, 3.05) is 0 Å². The Balaban J connectivity index is 1.96. The van der Waals surface area contributed by atoms with E-state index in [0.29, 0.717) is 17.7 Å². The van der Waals surface area contributed by atoms with Crippen molar-refractivity contribution in [1.29, 1.82) is 0 Å². The molecular weight excluding hydrogens is 332 g/mol. The van der Waals surface area contributed by atoms with E-state index in [4.69, 9.17) is 4.74 Å². The number of aliphatic hydroxyl groups is 1. The van der Waals surface area contributed by atoms with E-state index in [2.05, 4.69) is 5.10 Å². The molecule has 0 bridgehead atoms. The molecule has 3 heterocycles. The van der Waals surface area contributed by atoms with Crippen LogP contribution < -0.4 is 0 Å². The maximum atomic E-state index is 14.6. The SMILES string of the molecule is C[C@@H]1Cc2nn3c(c2CN1C(=O)OC(C)(C)C)C(F)(F)CC[C@@H](O)C3. The number of halogens is 2. The van der Waals surface area contributed by atoms with Gasteiger partial charge < -0.3 is 14.7 Å². The highest BCUT2D eigenvalue weighted by Crippen LogP contribution is 2.41. The van der Waals surface area contributed by atoms with Crippen LogP contribution in [0.2, 0.25) is 0 Å². The second-order valence-corrected chi connectivity index (χ2v) is 8.01. The predicted octanol–water partition coefficient (Wildman–Crippen LogP) is 2.81. The number of amides is 1. The Morgan fingerprint density at radius 3 is 2.72 bits per heavy atom. The van der Waals surface area contributed by atoms with Gasteiger partial charge in [0.1, 0.15) is 11.3 Å². The molecule has 2 aliphatic rings. The molecular formula is C17H25F2N3O3. The summed E-state index contributed by atoms with van der Waals surface area (Å²) in [5.74, 6) is -3.07. The molecule has 1 N–H and O–H groups in total. The van der Waals surface area contributed by atoms with Crippen molar-refractivity contribution in [3.05, 3.63) is 17.0 Å². The van der Waals surface area contributed by atoms with E-state index in [0.717, 1.165) is 0 Å². The lowest BCUT2D eigenvalue weighted by molar-refractivity contribution is -0.0260. The zero-order valence-electron chi connectivity index (χ0n) is 15.1. The normalized spacial score (nSPS) is 25.8. The van der Waals surface area contributed by atoms with E-state index in [-0.39, 0.29) is 31.2 Å². The fraction of sp³-hybridized carbons (Fsp3) is 0.765. The van der Waals surface area contributed by atoms with Gasteiger partial charge in [-0.05, 0) is 34.1 Å². The first-order chi connectivity index (χ1) is 11.5. The van der Waals surface area contributed by atoms with Crippen LogP contribution >= 0.6 is 0 Å². The van der Waals surface area contributed by atoms with Crippen LogP contribution in [0.5, 0.6) is 0 Å². The van der Waals surface area contributed by atoms with Crippen molar-refractivity contribution in [2.24, 2.45) is 0 Å². The van der Waals surface area contributed by atoms with Gasteiger partial charge in [0.15, 0.2) is 0 Å². The average molecular weight is 357 g/mol. The fourth-order valence-electron chi connectivity index (χ4n) is 3.46. The molecule has 0 unspecified atom stereocenters. The molecule has 6 nitrogen and oxygen atoms in total. The number of nitrogens with zero attached hydrogens (tertiary/aromatic N) is 3. The molecule has 2 aliphatic heterocycles. The molecule has 140 valence electrons. The van der Waals surface area contributed by atoms with Crippen LogP contribution in [-0.2, 0) is 30.2 Å². The summed E-state index contributed by atoms with van der Waals surface area (Å²) in [6.07, 6.45) is -1.36. The zero-order valence-corrected chi connectivity index (χ0v) is 15.1. The van der Waals surface area contributed by atoms with Gasteiger partial charge in [0.05, 0.1) is 24.9 Å². The second-order valence-electron chi connectivity index (χ2n) is 8.01. The van der Waals surface area contributed by atoms with Gasteiger partial charge in [-0.25, -0.2) is 4.79 Å². The van der Waals surface area contributed by atoms with Gasteiger partial charge >= 0.3 is 6.09 Å². The molecule has 0 fully saturated rings. The quantitative estimate of drug-likeness (QED) is 0.775. The fourth-order valence-corrected chi connectivity index (χ4v) is 3.46. The lowest BCUT2D eigenvalue weighted by Gasteiger charge is -2.35. The summed E-state index contributed by atoms with van der Waals surface area (Å²) in [5.41, 5.74) is 0.153. The molecule has 0 saturated carbocycles. The van der Waals surface area contributed by atoms with Gasteiger partial charge in [-0.2, -0.15) is 13.9 Å². The van der Waals surface area contributed by atoms with Gasteiger partial charge in [-0.3, -0.25) is 4.68 Å². The number of rotatable bonds is 0. The van der Waals surface area contributed by atoms with Crippen LogP contribution in [0.4, 0.5) is 13.6 Å². The third-order valence-corrected chi connectivity index (χ3v) is 4.63. The van der Waals surface area contributed by atoms with E-state index in [9.17, 15) is 18.7 Å². The smallest absolute Gasteiger partial charge is 0.410 e. The summed E-state index contributed by atoms with van der Waals surface area (Å²) in [6.45, 7) is 7.26. The number of hydrogen-bond donors (Lipinski definition) is 1. The minimum absolute atomic E-state index is 0.0251. The molecule has 0 aromatic carbocycles. The summed E-state index contributed by atoms with van der Waals surface area (Å²) < 4.78 is 35.9. The van der Waals surface area contributed by atoms with E-state index in [1.807, 2.05) is 6.92 Å². The minimum atomic E-state index is -3.07. The Kier molecular flexibility index (Phi) is 4.29. The third kappa shape index (κ3) is 3.49. The Bertz CT molecular complexity index is 681. The van der Waals surface area contributed by atoms with Crippen molar-refractivity contribution in [3.63, 3.8) is 0 Å². The van der Waals surface area contributed by atoms with Gasteiger partial charge in [0, 0.05) is 24.4 Å². The van der Waals surface area contributed by atoms with Crippen LogP contribution in [0.15, 0.2) is 0 Å². The predicted molar refractivity (Wildman–Crippen MR) is 86.3 cm³/mol. The van der Waals surface area contributed by atoms with Crippen LogP contribution in [-0.4, -0.2) is 43.6 Å². The van der Waals surface area contributed by atoms with E-state index in [1.165, 1.54) is 9.58 Å². The van der Waals surface area contributed by atoms with Gasteiger partial charge in [0.25, 0.3) is 5.92 Å². The number of ether oxygens (including phenoxy) is 1. The number of aromatic nitrogens is 2. The van der Waals surface area contributed by atoms with Gasteiger partial charge in [-0.1, -0.05) is 0 Å². The molecule has 0 radical (unpaired) electrons. The number of hydrogen-bond acceptors (Lipinski definition) is 4. The molecule has 1 aromatic heterocycles. The number of carbonyl (C=O) groups excluding carboxylic acids is 1. The van der Waals surface area contributed by atoms with Crippen molar-refractivity contribution in [1.82, 2.24) is 14.7 Å². The standard InChI is InChI=1S/C17H25F2N3O3/c1-10-7-13-12(9-21(10)15(24)25-16(2,3)4)14-17(18,19)6-5-11(23)8-22(14)20-13/h10-11,23H,5-9H2,1-4H3/t10-,11-/m1/s1. The van der Waals surface area contributed by atoms with E-state index < -0.39 is 30.1 Å². The highest BCUT2D eigenvalue weighted by atomic mass is 19.3. The topological polar surface area (TPSA) is 67.6 Å². The number of fused-ring (bicyclic) bond motifs is 3. The molecule has 25 heavy (non-hydrogen) atoms. The highest BCUT2D eigenvalue weighted by Gasteiger charge is 2.45. The highest BCUT2D eigenvalue weighted by molar-refractivity contribution is 5.69. The summed E-state index contributed by atoms with van der Waals surface area (Å²) in [6, 6.07) is -0.194. The van der Waals surface area contributed by atoms with E-state index in [1.54, 1.807) is 20.8 Å². The van der Waals surface area contributed by atoms with Crippen LogP contribution in [0.25, 0.3) is 0 Å².